The number of amides is 1. The molecule has 0 aromatic carbocycles. The van der Waals surface area contributed by atoms with Crippen LogP contribution in [-0.4, -0.2) is 30.0 Å². The van der Waals surface area contributed by atoms with E-state index in [9.17, 15) is 4.79 Å². The van der Waals surface area contributed by atoms with Crippen LogP contribution in [-0.2, 0) is 4.79 Å². The lowest BCUT2D eigenvalue weighted by atomic mass is 10.2. The normalized spacial score (nSPS) is 16.9. The molecule has 2 rings (SSSR count). The van der Waals surface area contributed by atoms with Gasteiger partial charge in [0, 0.05) is 31.6 Å². The van der Waals surface area contributed by atoms with E-state index in [4.69, 9.17) is 0 Å². The van der Waals surface area contributed by atoms with Gasteiger partial charge in [0.25, 0.3) is 0 Å². The molecule has 1 saturated heterocycles. The summed E-state index contributed by atoms with van der Waals surface area (Å²) in [5.41, 5.74) is 1.01. The van der Waals surface area contributed by atoms with Gasteiger partial charge in [-0.1, -0.05) is 0 Å². The Kier molecular flexibility index (Phi) is 2.65. The highest BCUT2D eigenvalue weighted by Gasteiger charge is 2.16. The molecule has 1 aliphatic heterocycles. The first-order chi connectivity index (χ1) is 6.84. The van der Waals surface area contributed by atoms with Crippen LogP contribution >= 0.6 is 0 Å². The highest BCUT2D eigenvalue weighted by molar-refractivity contribution is 5.91. The number of carbonyl (C=O) groups excluding carboxylic acids is 1. The zero-order valence-electron chi connectivity index (χ0n) is 7.79. The second-order valence-corrected chi connectivity index (χ2v) is 3.34. The van der Waals surface area contributed by atoms with Crippen LogP contribution in [0.1, 0.15) is 5.56 Å². The first-order valence-corrected chi connectivity index (χ1v) is 4.67. The highest BCUT2D eigenvalue weighted by Crippen LogP contribution is 1.99. The van der Waals surface area contributed by atoms with E-state index >= 15 is 0 Å². The Labute approximate surface area is 82.4 Å². The Hall–Kier alpha value is -1.55. The molecule has 0 spiro atoms. The number of H-pyrrole nitrogens is 1. The van der Waals surface area contributed by atoms with Crippen LogP contribution in [0.25, 0.3) is 6.08 Å². The van der Waals surface area contributed by atoms with E-state index in [1.54, 1.807) is 12.2 Å². The van der Waals surface area contributed by atoms with Crippen LogP contribution < -0.4 is 10.6 Å². The maximum Gasteiger partial charge on any atom is 0.244 e. The van der Waals surface area contributed by atoms with Crippen LogP contribution in [0.2, 0.25) is 0 Å². The molecular weight excluding hydrogens is 178 g/mol. The Morgan fingerprint density at radius 3 is 3.00 bits per heavy atom. The summed E-state index contributed by atoms with van der Waals surface area (Å²) in [4.78, 5) is 14.2. The number of hydrogen-bond acceptors (Lipinski definition) is 2. The van der Waals surface area contributed by atoms with Crippen molar-refractivity contribution < 1.29 is 4.79 Å². The van der Waals surface area contributed by atoms with Crippen molar-refractivity contribution in [3.8, 4) is 0 Å². The molecule has 1 fully saturated rings. The SMILES string of the molecule is O=C(/C=C/c1cc[nH]c1)NC1CNC1. The predicted octanol–water partition coefficient (Wildman–Crippen LogP) is 0.116. The molecule has 4 nitrogen and oxygen atoms in total. The Morgan fingerprint density at radius 1 is 1.57 bits per heavy atom. The lowest BCUT2D eigenvalue weighted by molar-refractivity contribution is -0.117. The van der Waals surface area contributed by atoms with Gasteiger partial charge in [0.05, 0.1) is 6.04 Å². The summed E-state index contributed by atoms with van der Waals surface area (Å²) in [6, 6.07) is 2.22. The molecule has 4 heteroatoms. The number of nitrogens with one attached hydrogen (secondary N) is 3. The van der Waals surface area contributed by atoms with Gasteiger partial charge in [0.2, 0.25) is 5.91 Å². The van der Waals surface area contributed by atoms with Crippen molar-refractivity contribution in [3.05, 3.63) is 30.1 Å². The number of rotatable bonds is 3. The first-order valence-electron chi connectivity index (χ1n) is 4.67. The molecule has 0 atom stereocenters. The molecule has 0 radical (unpaired) electrons. The van der Waals surface area contributed by atoms with Gasteiger partial charge in [-0.05, 0) is 17.7 Å². The topological polar surface area (TPSA) is 56.9 Å². The Balaban J connectivity index is 1.81. The van der Waals surface area contributed by atoms with E-state index in [0.717, 1.165) is 18.7 Å². The quantitative estimate of drug-likeness (QED) is 0.594. The largest absolute Gasteiger partial charge is 0.367 e. The summed E-state index contributed by atoms with van der Waals surface area (Å²) in [6.45, 7) is 1.76. The van der Waals surface area contributed by atoms with Crippen molar-refractivity contribution >= 4 is 12.0 Å². The average molecular weight is 191 g/mol. The summed E-state index contributed by atoms with van der Waals surface area (Å²) in [6.07, 6.45) is 7.02. The lowest BCUT2D eigenvalue weighted by Gasteiger charge is -2.27. The molecular formula is C10H13N3O. The predicted molar refractivity (Wildman–Crippen MR) is 54.6 cm³/mol. The fourth-order valence-corrected chi connectivity index (χ4v) is 1.25. The minimum atomic E-state index is -0.0299. The summed E-state index contributed by atoms with van der Waals surface area (Å²) < 4.78 is 0. The molecule has 1 aliphatic rings. The molecule has 1 aromatic rings. The van der Waals surface area contributed by atoms with Gasteiger partial charge in [0.1, 0.15) is 0 Å². The van der Waals surface area contributed by atoms with Crippen LogP contribution in [0, 0.1) is 0 Å². The second kappa shape index (κ2) is 4.11. The lowest BCUT2D eigenvalue weighted by Crippen LogP contribution is -2.56. The summed E-state index contributed by atoms with van der Waals surface area (Å²) >= 11 is 0. The fourth-order valence-electron chi connectivity index (χ4n) is 1.25. The summed E-state index contributed by atoms with van der Waals surface area (Å²) in [5.74, 6) is -0.0299. The second-order valence-electron chi connectivity index (χ2n) is 3.34. The summed E-state index contributed by atoms with van der Waals surface area (Å²) in [7, 11) is 0. The molecule has 0 bridgehead atoms. The summed E-state index contributed by atoms with van der Waals surface area (Å²) in [5, 5.41) is 5.97. The van der Waals surface area contributed by atoms with Crippen LogP contribution in [0.15, 0.2) is 24.5 Å². The van der Waals surface area contributed by atoms with Gasteiger partial charge in [0.15, 0.2) is 0 Å². The molecule has 0 unspecified atom stereocenters. The number of aromatic nitrogens is 1. The van der Waals surface area contributed by atoms with Crippen molar-refractivity contribution in [2.24, 2.45) is 0 Å². The smallest absolute Gasteiger partial charge is 0.244 e. The molecule has 74 valence electrons. The van der Waals surface area contributed by atoms with Gasteiger partial charge >= 0.3 is 0 Å². The van der Waals surface area contributed by atoms with E-state index in [-0.39, 0.29) is 5.91 Å². The molecule has 2 heterocycles. The zero-order chi connectivity index (χ0) is 9.80. The van der Waals surface area contributed by atoms with E-state index in [1.807, 2.05) is 18.5 Å². The van der Waals surface area contributed by atoms with Crippen molar-refractivity contribution in [1.29, 1.82) is 0 Å². The molecule has 1 aromatic heterocycles. The van der Waals surface area contributed by atoms with Gasteiger partial charge < -0.3 is 15.6 Å². The standard InChI is InChI=1S/C10H13N3O/c14-10(13-9-6-12-7-9)2-1-8-3-4-11-5-8/h1-5,9,11-12H,6-7H2,(H,13,14)/b2-1+. The zero-order valence-corrected chi connectivity index (χ0v) is 7.79. The van der Waals surface area contributed by atoms with Crippen LogP contribution in [0.5, 0.6) is 0 Å². The van der Waals surface area contributed by atoms with E-state index in [2.05, 4.69) is 15.6 Å². The minimum absolute atomic E-state index is 0.0299. The molecule has 3 N–H and O–H groups in total. The fraction of sp³-hybridized carbons (Fsp3) is 0.300. The average Bonchev–Trinajstić information content (AvgIpc) is 2.60. The number of hydrogen-bond donors (Lipinski definition) is 3. The van der Waals surface area contributed by atoms with Gasteiger partial charge in [-0.15, -0.1) is 0 Å². The number of aromatic amines is 1. The Morgan fingerprint density at radius 2 is 2.43 bits per heavy atom. The van der Waals surface area contributed by atoms with Gasteiger partial charge in [-0.25, -0.2) is 0 Å². The third-order valence-electron chi connectivity index (χ3n) is 2.18. The first kappa shape index (κ1) is 9.02. The van der Waals surface area contributed by atoms with Crippen molar-refractivity contribution in [3.63, 3.8) is 0 Å². The van der Waals surface area contributed by atoms with Crippen LogP contribution in [0.4, 0.5) is 0 Å². The number of carbonyl (C=O) groups is 1. The van der Waals surface area contributed by atoms with Crippen molar-refractivity contribution in [1.82, 2.24) is 15.6 Å². The third-order valence-corrected chi connectivity index (χ3v) is 2.18. The van der Waals surface area contributed by atoms with Crippen molar-refractivity contribution in [2.75, 3.05) is 13.1 Å². The highest BCUT2D eigenvalue weighted by atomic mass is 16.1. The third kappa shape index (κ3) is 2.23. The maximum absolute atomic E-state index is 11.3. The van der Waals surface area contributed by atoms with Crippen molar-refractivity contribution in [2.45, 2.75) is 6.04 Å². The molecule has 14 heavy (non-hydrogen) atoms. The van der Waals surface area contributed by atoms with E-state index < -0.39 is 0 Å². The van der Waals surface area contributed by atoms with Crippen LogP contribution in [0.3, 0.4) is 0 Å². The Bertz CT molecular complexity index is 325. The van der Waals surface area contributed by atoms with E-state index in [1.165, 1.54) is 0 Å². The maximum atomic E-state index is 11.3. The minimum Gasteiger partial charge on any atom is -0.367 e. The van der Waals surface area contributed by atoms with Gasteiger partial charge in [-0.2, -0.15) is 0 Å². The monoisotopic (exact) mass is 191 g/mol. The van der Waals surface area contributed by atoms with E-state index in [0.29, 0.717) is 6.04 Å². The van der Waals surface area contributed by atoms with Gasteiger partial charge in [-0.3, -0.25) is 4.79 Å². The molecule has 0 aliphatic carbocycles. The molecule has 1 amide bonds. The molecule has 0 saturated carbocycles.